The maximum absolute atomic E-state index is 12.4. The highest BCUT2D eigenvalue weighted by Gasteiger charge is 2.11. The molecule has 23 heavy (non-hydrogen) atoms. The van der Waals surface area contributed by atoms with Crippen LogP contribution in [0.25, 0.3) is 22.5 Å². The molecule has 0 aliphatic carbocycles. The molecule has 0 N–H and O–H groups in total. The van der Waals surface area contributed by atoms with Gasteiger partial charge in [0.15, 0.2) is 5.65 Å². The van der Waals surface area contributed by atoms with E-state index in [1.807, 2.05) is 30.3 Å². The fourth-order valence-corrected chi connectivity index (χ4v) is 2.27. The first-order valence-electron chi connectivity index (χ1n) is 6.99. The molecule has 0 atom stereocenters. The monoisotopic (exact) mass is 305 g/mol. The van der Waals surface area contributed by atoms with E-state index in [1.165, 1.54) is 10.9 Å². The van der Waals surface area contributed by atoms with Gasteiger partial charge in [0.1, 0.15) is 12.9 Å². The van der Waals surface area contributed by atoms with Crippen LogP contribution >= 0.6 is 0 Å². The van der Waals surface area contributed by atoms with Gasteiger partial charge in [-0.2, -0.15) is 0 Å². The molecule has 7 heteroatoms. The third-order valence-electron chi connectivity index (χ3n) is 3.39. The van der Waals surface area contributed by atoms with Gasteiger partial charge in [-0.15, -0.1) is 10.2 Å². The number of nitrogens with zero attached hydrogens (tertiary/aromatic N) is 5. The number of fused-ring (bicyclic) bond motifs is 1. The zero-order valence-electron chi connectivity index (χ0n) is 12.0. The van der Waals surface area contributed by atoms with Crippen molar-refractivity contribution in [3.05, 3.63) is 71.2 Å². The number of rotatable bonds is 3. The Morgan fingerprint density at radius 1 is 1.00 bits per heavy atom. The second-order valence-corrected chi connectivity index (χ2v) is 4.92. The van der Waals surface area contributed by atoms with Crippen LogP contribution in [0.5, 0.6) is 0 Å². The minimum atomic E-state index is -0.192. The normalized spacial score (nSPS) is 11.0. The molecular weight excluding hydrogens is 294 g/mol. The van der Waals surface area contributed by atoms with Crippen LogP contribution in [0.1, 0.15) is 5.89 Å². The average Bonchev–Trinajstić information content (AvgIpc) is 3.07. The first-order chi connectivity index (χ1) is 11.3. The molecule has 0 saturated carbocycles. The summed E-state index contributed by atoms with van der Waals surface area (Å²) >= 11 is 0. The standard InChI is InChI=1S/C16H11N5O2/c22-16-12-7-4-8-17-14(12)18-10-21(16)9-13-19-20-15(23-13)11-5-2-1-3-6-11/h1-8,10H,9H2. The van der Waals surface area contributed by atoms with E-state index in [1.54, 1.807) is 18.3 Å². The predicted molar refractivity (Wildman–Crippen MR) is 82.6 cm³/mol. The minimum Gasteiger partial charge on any atom is -0.419 e. The van der Waals surface area contributed by atoms with Crippen molar-refractivity contribution < 1.29 is 4.42 Å². The Bertz CT molecular complexity index is 1020. The Kier molecular flexibility index (Phi) is 3.16. The number of aromatic nitrogens is 5. The second kappa shape index (κ2) is 5.45. The SMILES string of the molecule is O=c1c2cccnc2ncn1Cc1nnc(-c2ccccc2)o1. The molecule has 4 rings (SSSR count). The summed E-state index contributed by atoms with van der Waals surface area (Å²) in [6.07, 6.45) is 3.04. The lowest BCUT2D eigenvalue weighted by atomic mass is 10.2. The summed E-state index contributed by atoms with van der Waals surface area (Å²) in [6, 6.07) is 12.9. The molecule has 7 nitrogen and oxygen atoms in total. The summed E-state index contributed by atoms with van der Waals surface area (Å²) in [5.41, 5.74) is 1.06. The molecule has 0 amide bonds. The van der Waals surface area contributed by atoms with E-state index >= 15 is 0 Å². The van der Waals surface area contributed by atoms with Gasteiger partial charge in [0.05, 0.1) is 5.39 Å². The van der Waals surface area contributed by atoms with E-state index in [0.29, 0.717) is 22.8 Å². The molecule has 0 aliphatic rings. The molecule has 0 spiro atoms. The summed E-state index contributed by atoms with van der Waals surface area (Å²) in [7, 11) is 0. The topological polar surface area (TPSA) is 86.7 Å². The molecule has 0 aliphatic heterocycles. The largest absolute Gasteiger partial charge is 0.419 e. The molecule has 1 aromatic carbocycles. The fourth-order valence-electron chi connectivity index (χ4n) is 2.27. The second-order valence-electron chi connectivity index (χ2n) is 4.92. The van der Waals surface area contributed by atoms with Crippen LogP contribution in [0, 0.1) is 0 Å². The third kappa shape index (κ3) is 2.48. The molecule has 0 radical (unpaired) electrons. The quantitative estimate of drug-likeness (QED) is 0.574. The molecule has 4 aromatic rings. The van der Waals surface area contributed by atoms with Crippen molar-refractivity contribution in [1.82, 2.24) is 24.7 Å². The van der Waals surface area contributed by atoms with E-state index in [4.69, 9.17) is 4.42 Å². The van der Waals surface area contributed by atoms with Crippen LogP contribution < -0.4 is 5.56 Å². The Morgan fingerprint density at radius 3 is 2.74 bits per heavy atom. The average molecular weight is 305 g/mol. The Balaban J connectivity index is 1.68. The van der Waals surface area contributed by atoms with Gasteiger partial charge >= 0.3 is 0 Å². The predicted octanol–water partition coefficient (Wildman–Crippen LogP) is 1.89. The van der Waals surface area contributed by atoms with Crippen molar-refractivity contribution in [1.29, 1.82) is 0 Å². The highest BCUT2D eigenvalue weighted by molar-refractivity contribution is 5.72. The van der Waals surface area contributed by atoms with Gasteiger partial charge in [-0.3, -0.25) is 9.36 Å². The highest BCUT2D eigenvalue weighted by atomic mass is 16.4. The Hall–Kier alpha value is -3.35. The molecule has 3 heterocycles. The van der Waals surface area contributed by atoms with E-state index in [0.717, 1.165) is 5.56 Å². The summed E-state index contributed by atoms with van der Waals surface area (Å²) in [5, 5.41) is 8.46. The van der Waals surface area contributed by atoms with Crippen molar-refractivity contribution in [2.45, 2.75) is 6.54 Å². The van der Waals surface area contributed by atoms with E-state index < -0.39 is 0 Å². The highest BCUT2D eigenvalue weighted by Crippen LogP contribution is 2.17. The van der Waals surface area contributed by atoms with Crippen molar-refractivity contribution in [2.75, 3.05) is 0 Å². The number of pyridine rings is 1. The summed E-state index contributed by atoms with van der Waals surface area (Å²) in [6.45, 7) is 0.163. The van der Waals surface area contributed by atoms with Gasteiger partial charge in [0, 0.05) is 11.8 Å². The van der Waals surface area contributed by atoms with Gasteiger partial charge in [0.2, 0.25) is 11.8 Å². The van der Waals surface area contributed by atoms with E-state index in [-0.39, 0.29) is 12.1 Å². The lowest BCUT2D eigenvalue weighted by molar-refractivity contribution is 0.483. The van der Waals surface area contributed by atoms with Crippen molar-refractivity contribution in [2.24, 2.45) is 0 Å². The van der Waals surface area contributed by atoms with E-state index in [9.17, 15) is 4.79 Å². The lowest BCUT2D eigenvalue weighted by Gasteiger charge is -2.02. The number of hydrogen-bond acceptors (Lipinski definition) is 6. The summed E-state index contributed by atoms with van der Waals surface area (Å²) in [4.78, 5) is 20.6. The first-order valence-corrected chi connectivity index (χ1v) is 6.99. The Labute approximate surface area is 130 Å². The molecule has 0 bridgehead atoms. The Morgan fingerprint density at radius 2 is 1.87 bits per heavy atom. The molecule has 0 fully saturated rings. The van der Waals surface area contributed by atoms with Gasteiger partial charge in [-0.1, -0.05) is 18.2 Å². The van der Waals surface area contributed by atoms with Gasteiger partial charge in [-0.05, 0) is 24.3 Å². The molecular formula is C16H11N5O2. The van der Waals surface area contributed by atoms with Crippen LogP contribution in [0.2, 0.25) is 0 Å². The summed E-state index contributed by atoms with van der Waals surface area (Å²) < 4.78 is 7.04. The van der Waals surface area contributed by atoms with Crippen LogP contribution in [0.4, 0.5) is 0 Å². The van der Waals surface area contributed by atoms with Gasteiger partial charge in [-0.25, -0.2) is 9.97 Å². The van der Waals surface area contributed by atoms with Crippen LogP contribution in [0.3, 0.4) is 0 Å². The zero-order chi connectivity index (χ0) is 15.6. The molecule has 3 aromatic heterocycles. The summed E-state index contributed by atoms with van der Waals surface area (Å²) in [5.74, 6) is 0.764. The van der Waals surface area contributed by atoms with Gasteiger partial charge < -0.3 is 4.42 Å². The molecule has 112 valence electrons. The maximum Gasteiger partial charge on any atom is 0.263 e. The first kappa shape index (κ1) is 13.3. The smallest absolute Gasteiger partial charge is 0.263 e. The van der Waals surface area contributed by atoms with Crippen LogP contribution in [-0.2, 0) is 6.54 Å². The number of hydrogen-bond donors (Lipinski definition) is 0. The van der Waals surface area contributed by atoms with Crippen molar-refractivity contribution in [3.63, 3.8) is 0 Å². The van der Waals surface area contributed by atoms with Gasteiger partial charge in [0.25, 0.3) is 5.56 Å². The van der Waals surface area contributed by atoms with E-state index in [2.05, 4.69) is 20.2 Å². The molecule has 0 unspecified atom stereocenters. The number of benzene rings is 1. The van der Waals surface area contributed by atoms with Crippen molar-refractivity contribution in [3.8, 4) is 11.5 Å². The zero-order valence-corrected chi connectivity index (χ0v) is 12.0. The maximum atomic E-state index is 12.4. The van der Waals surface area contributed by atoms with Crippen molar-refractivity contribution >= 4 is 11.0 Å². The lowest BCUT2D eigenvalue weighted by Crippen LogP contribution is -2.21. The van der Waals surface area contributed by atoms with Crippen LogP contribution in [0.15, 0.2) is 64.2 Å². The third-order valence-corrected chi connectivity index (χ3v) is 3.39. The van der Waals surface area contributed by atoms with Crippen LogP contribution in [-0.4, -0.2) is 24.7 Å². The fraction of sp³-hybridized carbons (Fsp3) is 0.0625. The minimum absolute atomic E-state index is 0.163. The molecule has 0 saturated heterocycles.